The summed E-state index contributed by atoms with van der Waals surface area (Å²) >= 11 is 1.97. The van der Waals surface area contributed by atoms with E-state index in [-0.39, 0.29) is 0 Å². The highest BCUT2D eigenvalue weighted by molar-refractivity contribution is 8.00. The molecule has 8 aromatic carbocycles. The lowest BCUT2D eigenvalue weighted by Gasteiger charge is -2.23. The zero-order chi connectivity index (χ0) is 43.6. The van der Waals surface area contributed by atoms with Gasteiger partial charge in [0.25, 0.3) is 0 Å². The third kappa shape index (κ3) is 6.45. The molecule has 2 aromatic heterocycles. The second-order valence-electron chi connectivity index (χ2n) is 17.5. The van der Waals surface area contributed by atoms with Crippen LogP contribution < -0.4 is 0 Å². The van der Waals surface area contributed by atoms with Crippen molar-refractivity contribution in [2.45, 2.75) is 35.3 Å². The Kier molecular flexibility index (Phi) is 9.42. The van der Waals surface area contributed by atoms with Crippen molar-refractivity contribution < 1.29 is 0 Å². The first-order chi connectivity index (χ1) is 32.7. The van der Waals surface area contributed by atoms with Crippen molar-refractivity contribution >= 4 is 78.2 Å². The second kappa shape index (κ2) is 16.1. The fourth-order valence-corrected chi connectivity index (χ4v) is 12.0. The summed E-state index contributed by atoms with van der Waals surface area (Å²) < 4.78 is 4.90. The molecule has 3 aliphatic rings. The van der Waals surface area contributed by atoms with Gasteiger partial charge in [0.2, 0.25) is 0 Å². The van der Waals surface area contributed by atoms with E-state index in [1.165, 1.54) is 65.2 Å². The van der Waals surface area contributed by atoms with Crippen molar-refractivity contribution in [2.75, 3.05) is 0 Å². The van der Waals surface area contributed by atoms with E-state index >= 15 is 0 Å². The molecule has 1 aliphatic carbocycles. The standard InChI is InChI=1S/C61H44N4S/c1-4-17-40(18-5-1)46-25-16-30-56-58(46)51-36-33-43(39-57(51)66-56)53-27-13-12-26-52(41-19-6-2-7-20-41)62-61(63-53)42-31-34-45(35-32-42)65-55-29-15-11-24-48(55)50-38-37-49-47-23-10-14-28-54(47)64(59(49)60(50)65)44-21-8-3-9-22-44/h1-11,14-25,27-39,56,58H,12-13,26H2/b53-27+,62-52?,63-61?. The number of nitrogens with zero attached hydrogens (tertiary/aromatic N) is 4. The molecule has 5 heteroatoms. The van der Waals surface area contributed by atoms with E-state index in [1.807, 2.05) is 11.8 Å². The van der Waals surface area contributed by atoms with Crippen LogP contribution in [0.25, 0.3) is 66.3 Å². The maximum Gasteiger partial charge on any atom is 0.160 e. The highest BCUT2D eigenvalue weighted by atomic mass is 32.2. The Morgan fingerprint density at radius 1 is 0.500 bits per heavy atom. The Morgan fingerprint density at radius 3 is 1.77 bits per heavy atom. The summed E-state index contributed by atoms with van der Waals surface area (Å²) in [5, 5.41) is 5.30. The van der Waals surface area contributed by atoms with Crippen LogP contribution in [-0.4, -0.2) is 25.9 Å². The molecule has 2 aliphatic heterocycles. The number of benzene rings is 8. The van der Waals surface area contributed by atoms with Crippen LogP contribution in [0.3, 0.4) is 0 Å². The Bertz CT molecular complexity index is 3680. The highest BCUT2D eigenvalue weighted by Crippen LogP contribution is 2.54. The van der Waals surface area contributed by atoms with E-state index in [9.17, 15) is 0 Å². The number of aliphatic imine (C=N–C) groups is 2. The summed E-state index contributed by atoms with van der Waals surface area (Å²) in [4.78, 5) is 12.4. The molecule has 314 valence electrons. The molecule has 4 heterocycles. The molecule has 2 unspecified atom stereocenters. The van der Waals surface area contributed by atoms with Crippen LogP contribution in [0.4, 0.5) is 0 Å². The number of rotatable bonds is 6. The van der Waals surface area contributed by atoms with E-state index in [0.717, 1.165) is 64.6 Å². The van der Waals surface area contributed by atoms with Crippen molar-refractivity contribution in [3.8, 4) is 11.4 Å². The molecule has 0 radical (unpaired) electrons. The number of allylic oxidation sites excluding steroid dienone is 4. The number of fused-ring (bicyclic) bond motifs is 10. The van der Waals surface area contributed by atoms with Crippen LogP contribution in [0.1, 0.15) is 53.0 Å². The van der Waals surface area contributed by atoms with Gasteiger partial charge in [-0.05, 0) is 96.1 Å². The first-order valence-corrected chi connectivity index (χ1v) is 23.9. The molecule has 0 saturated carbocycles. The predicted molar refractivity (Wildman–Crippen MR) is 279 cm³/mol. The minimum atomic E-state index is 0.323. The summed E-state index contributed by atoms with van der Waals surface area (Å²) in [5.41, 5.74) is 16.3. The Hall–Kier alpha value is -7.73. The van der Waals surface area contributed by atoms with Gasteiger partial charge in [0.05, 0.1) is 33.5 Å². The van der Waals surface area contributed by atoms with Gasteiger partial charge in [-0.2, -0.15) is 0 Å². The van der Waals surface area contributed by atoms with Gasteiger partial charge in [0, 0.05) is 60.1 Å². The van der Waals surface area contributed by atoms with Crippen molar-refractivity contribution in [1.82, 2.24) is 9.13 Å². The molecule has 4 nitrogen and oxygen atoms in total. The molecule has 0 bridgehead atoms. The van der Waals surface area contributed by atoms with Crippen molar-refractivity contribution in [3.05, 3.63) is 246 Å². The fourth-order valence-electron chi connectivity index (χ4n) is 10.6. The van der Waals surface area contributed by atoms with Gasteiger partial charge in [-0.25, -0.2) is 9.98 Å². The molecule has 13 rings (SSSR count). The van der Waals surface area contributed by atoms with Crippen LogP contribution in [-0.2, 0) is 0 Å². The molecule has 0 spiro atoms. The van der Waals surface area contributed by atoms with Crippen LogP contribution >= 0.6 is 11.8 Å². The molecule has 10 aromatic rings. The Balaban J connectivity index is 0.955. The van der Waals surface area contributed by atoms with E-state index < -0.39 is 0 Å². The van der Waals surface area contributed by atoms with E-state index in [0.29, 0.717) is 11.2 Å². The minimum Gasteiger partial charge on any atom is -0.307 e. The summed E-state index contributed by atoms with van der Waals surface area (Å²) in [6.45, 7) is 0. The van der Waals surface area contributed by atoms with E-state index in [4.69, 9.17) is 9.98 Å². The maximum atomic E-state index is 5.54. The molecular weight excluding hydrogens is 821 g/mol. The summed E-state index contributed by atoms with van der Waals surface area (Å²) in [5.74, 6) is 1.05. The largest absolute Gasteiger partial charge is 0.307 e. The van der Waals surface area contributed by atoms with Gasteiger partial charge >= 0.3 is 0 Å². The van der Waals surface area contributed by atoms with Gasteiger partial charge in [0.15, 0.2) is 5.84 Å². The molecule has 0 fully saturated rings. The normalized spacial score (nSPS) is 17.9. The third-order valence-corrected chi connectivity index (χ3v) is 15.0. The number of hydrogen-bond donors (Lipinski definition) is 0. The van der Waals surface area contributed by atoms with E-state index in [1.54, 1.807) is 0 Å². The lowest BCUT2D eigenvalue weighted by atomic mass is 9.81. The zero-order valence-corrected chi connectivity index (χ0v) is 37.1. The minimum absolute atomic E-state index is 0.323. The van der Waals surface area contributed by atoms with Crippen LogP contribution in [0, 0.1) is 0 Å². The first-order valence-electron chi connectivity index (χ1n) is 23.0. The highest BCUT2D eigenvalue weighted by Gasteiger charge is 2.36. The Labute approximate surface area is 388 Å². The van der Waals surface area contributed by atoms with Crippen molar-refractivity contribution in [1.29, 1.82) is 0 Å². The lowest BCUT2D eigenvalue weighted by Crippen LogP contribution is -2.12. The smallest absolute Gasteiger partial charge is 0.160 e. The van der Waals surface area contributed by atoms with Crippen molar-refractivity contribution in [2.24, 2.45) is 9.98 Å². The van der Waals surface area contributed by atoms with Crippen molar-refractivity contribution in [3.63, 3.8) is 0 Å². The summed E-state index contributed by atoms with van der Waals surface area (Å²) in [6, 6.07) is 70.4. The SMILES string of the molecule is C1=CC2Sc3cc(/C4=C\CCCC(c5ccccc5)=NC(c5ccc(-n6c7ccccc7c7ccc8c9ccccc9n(-c9ccccc9)c8c76)cc5)=N4)ccc3C2C(c2ccccc2)=C1. The van der Waals surface area contributed by atoms with Crippen LogP contribution in [0.15, 0.2) is 233 Å². The average Bonchev–Trinajstić information content (AvgIpc) is 4.07. The maximum absolute atomic E-state index is 5.54. The number of aromatic nitrogens is 2. The molecule has 0 amide bonds. The summed E-state index contributed by atoms with van der Waals surface area (Å²) in [6.07, 6.45) is 12.0. The number of para-hydroxylation sites is 3. The Morgan fingerprint density at radius 2 is 1.09 bits per heavy atom. The van der Waals surface area contributed by atoms with Gasteiger partial charge in [-0.15, -0.1) is 11.8 Å². The molecule has 2 atom stereocenters. The van der Waals surface area contributed by atoms with Gasteiger partial charge < -0.3 is 9.13 Å². The monoisotopic (exact) mass is 864 g/mol. The van der Waals surface area contributed by atoms with Gasteiger partial charge in [-0.1, -0.05) is 164 Å². The summed E-state index contributed by atoms with van der Waals surface area (Å²) in [7, 11) is 0. The zero-order valence-electron chi connectivity index (χ0n) is 36.3. The molecule has 0 N–H and O–H groups in total. The second-order valence-corrected chi connectivity index (χ2v) is 18.7. The van der Waals surface area contributed by atoms with E-state index in [2.05, 4.69) is 228 Å². The van der Waals surface area contributed by atoms with Crippen LogP contribution in [0.5, 0.6) is 0 Å². The number of amidine groups is 1. The number of hydrogen-bond acceptors (Lipinski definition) is 3. The van der Waals surface area contributed by atoms with Crippen LogP contribution in [0.2, 0.25) is 0 Å². The number of thioether (sulfide) groups is 1. The molecule has 0 saturated heterocycles. The predicted octanol–water partition coefficient (Wildman–Crippen LogP) is 15.6. The first kappa shape index (κ1) is 38.7. The lowest BCUT2D eigenvalue weighted by molar-refractivity contribution is 0.894. The molecule has 66 heavy (non-hydrogen) atoms. The van der Waals surface area contributed by atoms with Gasteiger partial charge in [-0.3, -0.25) is 0 Å². The quantitative estimate of drug-likeness (QED) is 0.164. The fraction of sp³-hybridized carbons (Fsp3) is 0.0820. The average molecular weight is 865 g/mol. The topological polar surface area (TPSA) is 34.6 Å². The van der Waals surface area contributed by atoms with Gasteiger partial charge in [0.1, 0.15) is 0 Å². The molecular formula is C61H44N4S. The third-order valence-electron chi connectivity index (χ3n) is 13.7.